The second kappa shape index (κ2) is 14.1. The van der Waals surface area contributed by atoms with Crippen LogP contribution in [-0.2, 0) is 0 Å². The standard InChI is InChI=1S/C56H37NO/c1-2-13-38(14-3-1)40-27-31-47(32-28-40)57(48-33-29-41(30-34-48)43-18-12-19-44(35-43)45-26-25-39-15-4-5-16-42(39)36-45)53-23-10-8-21-50(53)52-37-46-17-6-7-20-49(46)56-55(52)51-22-9-11-24-54(51)58-56/h1-37H. The van der Waals surface area contributed by atoms with Crippen molar-refractivity contribution >= 4 is 60.5 Å². The monoisotopic (exact) mass is 739 g/mol. The highest BCUT2D eigenvalue weighted by Crippen LogP contribution is 2.47. The Hall–Kier alpha value is -7.68. The van der Waals surface area contributed by atoms with Crippen LogP contribution in [0.4, 0.5) is 17.1 Å². The number of anilines is 3. The van der Waals surface area contributed by atoms with Gasteiger partial charge in [-0.3, -0.25) is 0 Å². The summed E-state index contributed by atoms with van der Waals surface area (Å²) in [6.45, 7) is 0. The highest BCUT2D eigenvalue weighted by atomic mass is 16.3. The van der Waals surface area contributed by atoms with Gasteiger partial charge >= 0.3 is 0 Å². The Balaban J connectivity index is 1.06. The SMILES string of the molecule is c1ccc(-c2ccc(N(c3ccc(-c4cccc(-c5ccc6ccccc6c5)c4)cc3)c3ccccc3-c3cc4ccccc4c4oc5ccccc5c34)cc2)cc1. The maximum atomic E-state index is 6.65. The second-order valence-corrected chi connectivity index (χ2v) is 14.9. The van der Waals surface area contributed by atoms with Crippen LogP contribution >= 0.6 is 0 Å². The molecule has 0 spiro atoms. The van der Waals surface area contributed by atoms with Gasteiger partial charge in [-0.15, -0.1) is 0 Å². The number of fused-ring (bicyclic) bond motifs is 6. The minimum absolute atomic E-state index is 0.890. The van der Waals surface area contributed by atoms with Crippen LogP contribution in [0.25, 0.3) is 88.0 Å². The van der Waals surface area contributed by atoms with Crippen molar-refractivity contribution in [2.75, 3.05) is 4.90 Å². The molecule has 0 aliphatic heterocycles. The molecule has 0 saturated heterocycles. The largest absolute Gasteiger partial charge is 0.455 e. The van der Waals surface area contributed by atoms with Crippen molar-refractivity contribution < 1.29 is 4.42 Å². The summed E-state index contributed by atoms with van der Waals surface area (Å²) >= 11 is 0. The molecule has 0 bridgehead atoms. The summed E-state index contributed by atoms with van der Waals surface area (Å²) in [5.41, 5.74) is 14.5. The van der Waals surface area contributed by atoms with Gasteiger partial charge in [-0.05, 0) is 110 Å². The molecule has 0 atom stereocenters. The van der Waals surface area contributed by atoms with E-state index < -0.39 is 0 Å². The molecule has 0 saturated carbocycles. The molecule has 58 heavy (non-hydrogen) atoms. The number of rotatable bonds is 7. The fourth-order valence-corrected chi connectivity index (χ4v) is 8.58. The molecular weight excluding hydrogens is 703 g/mol. The minimum atomic E-state index is 0.890. The zero-order valence-corrected chi connectivity index (χ0v) is 31.7. The molecule has 2 heteroatoms. The van der Waals surface area contributed by atoms with E-state index in [4.69, 9.17) is 4.42 Å². The van der Waals surface area contributed by atoms with Gasteiger partial charge in [0.15, 0.2) is 0 Å². The first-order valence-electron chi connectivity index (χ1n) is 19.8. The summed E-state index contributed by atoms with van der Waals surface area (Å²) in [6.07, 6.45) is 0. The topological polar surface area (TPSA) is 16.4 Å². The van der Waals surface area contributed by atoms with Crippen molar-refractivity contribution in [1.82, 2.24) is 0 Å². The number of hydrogen-bond acceptors (Lipinski definition) is 2. The highest BCUT2D eigenvalue weighted by molar-refractivity contribution is 6.22. The van der Waals surface area contributed by atoms with E-state index in [0.29, 0.717) is 0 Å². The van der Waals surface area contributed by atoms with Crippen molar-refractivity contribution in [3.8, 4) is 44.5 Å². The zero-order valence-electron chi connectivity index (χ0n) is 31.7. The molecular formula is C56H37NO. The summed E-state index contributed by atoms with van der Waals surface area (Å²) < 4.78 is 6.65. The second-order valence-electron chi connectivity index (χ2n) is 14.9. The Morgan fingerprint density at radius 1 is 0.310 bits per heavy atom. The van der Waals surface area contributed by atoms with Gasteiger partial charge in [0, 0.05) is 33.1 Å². The normalized spacial score (nSPS) is 11.4. The van der Waals surface area contributed by atoms with Crippen molar-refractivity contribution in [3.63, 3.8) is 0 Å². The van der Waals surface area contributed by atoms with Gasteiger partial charge in [0.2, 0.25) is 0 Å². The average Bonchev–Trinajstić information content (AvgIpc) is 3.70. The van der Waals surface area contributed by atoms with E-state index in [-0.39, 0.29) is 0 Å². The first kappa shape index (κ1) is 33.6. The van der Waals surface area contributed by atoms with Crippen LogP contribution in [0.2, 0.25) is 0 Å². The van der Waals surface area contributed by atoms with Gasteiger partial charge < -0.3 is 9.32 Å². The molecule has 2 nitrogen and oxygen atoms in total. The van der Waals surface area contributed by atoms with Crippen LogP contribution in [0.5, 0.6) is 0 Å². The van der Waals surface area contributed by atoms with Crippen LogP contribution in [0.3, 0.4) is 0 Å². The average molecular weight is 740 g/mol. The first-order chi connectivity index (χ1) is 28.7. The fraction of sp³-hybridized carbons (Fsp3) is 0. The maximum Gasteiger partial charge on any atom is 0.143 e. The van der Waals surface area contributed by atoms with E-state index in [1.807, 2.05) is 6.07 Å². The van der Waals surface area contributed by atoms with Crippen molar-refractivity contribution in [2.24, 2.45) is 0 Å². The number of benzene rings is 10. The number of nitrogens with zero attached hydrogens (tertiary/aromatic N) is 1. The van der Waals surface area contributed by atoms with E-state index in [1.54, 1.807) is 0 Å². The molecule has 0 radical (unpaired) electrons. The number of hydrogen-bond donors (Lipinski definition) is 0. The lowest BCUT2D eigenvalue weighted by atomic mass is 9.93. The minimum Gasteiger partial charge on any atom is -0.455 e. The van der Waals surface area contributed by atoms with Gasteiger partial charge in [-0.25, -0.2) is 0 Å². The molecule has 1 heterocycles. The molecule has 0 unspecified atom stereocenters. The fourth-order valence-electron chi connectivity index (χ4n) is 8.58. The van der Waals surface area contributed by atoms with Crippen molar-refractivity contribution in [1.29, 1.82) is 0 Å². The van der Waals surface area contributed by atoms with Crippen LogP contribution in [0.1, 0.15) is 0 Å². The third-order valence-corrected chi connectivity index (χ3v) is 11.4. The molecule has 0 fully saturated rings. The first-order valence-corrected chi connectivity index (χ1v) is 19.8. The summed E-state index contributed by atoms with van der Waals surface area (Å²) in [6, 6.07) is 80.7. The quantitative estimate of drug-likeness (QED) is 0.162. The van der Waals surface area contributed by atoms with E-state index in [2.05, 4.69) is 223 Å². The Morgan fingerprint density at radius 3 is 1.62 bits per heavy atom. The summed E-state index contributed by atoms with van der Waals surface area (Å²) in [4.78, 5) is 2.39. The molecule has 0 N–H and O–H groups in total. The van der Waals surface area contributed by atoms with E-state index in [9.17, 15) is 0 Å². The van der Waals surface area contributed by atoms with Crippen molar-refractivity contribution in [3.05, 3.63) is 224 Å². The van der Waals surface area contributed by atoms with Crippen LogP contribution in [-0.4, -0.2) is 0 Å². The molecule has 272 valence electrons. The van der Waals surface area contributed by atoms with E-state index >= 15 is 0 Å². The van der Waals surface area contributed by atoms with Gasteiger partial charge in [-0.1, -0.05) is 170 Å². The predicted octanol–water partition coefficient (Wildman–Crippen LogP) is 16.0. The smallest absolute Gasteiger partial charge is 0.143 e. The van der Waals surface area contributed by atoms with Crippen LogP contribution < -0.4 is 4.90 Å². The zero-order chi connectivity index (χ0) is 38.4. The predicted molar refractivity (Wildman–Crippen MR) is 245 cm³/mol. The van der Waals surface area contributed by atoms with Gasteiger partial charge in [0.1, 0.15) is 11.2 Å². The molecule has 0 aliphatic rings. The van der Waals surface area contributed by atoms with E-state index in [1.165, 1.54) is 44.2 Å². The summed E-state index contributed by atoms with van der Waals surface area (Å²) in [5, 5.41) is 7.00. The molecule has 0 aliphatic carbocycles. The Bertz CT molecular complexity index is 3270. The third-order valence-electron chi connectivity index (χ3n) is 11.4. The molecule has 10 aromatic carbocycles. The van der Waals surface area contributed by atoms with Gasteiger partial charge in [0.25, 0.3) is 0 Å². The molecule has 0 amide bonds. The number of furan rings is 1. The molecule has 11 aromatic rings. The lowest BCUT2D eigenvalue weighted by Gasteiger charge is -2.28. The lowest BCUT2D eigenvalue weighted by Crippen LogP contribution is -2.11. The van der Waals surface area contributed by atoms with Crippen molar-refractivity contribution in [2.45, 2.75) is 0 Å². The third kappa shape index (κ3) is 5.91. The van der Waals surface area contributed by atoms with Crippen LogP contribution in [0.15, 0.2) is 229 Å². The summed E-state index contributed by atoms with van der Waals surface area (Å²) in [7, 11) is 0. The number of para-hydroxylation sites is 2. The van der Waals surface area contributed by atoms with Gasteiger partial charge in [-0.2, -0.15) is 0 Å². The lowest BCUT2D eigenvalue weighted by molar-refractivity contribution is 0.673. The maximum absolute atomic E-state index is 6.65. The highest BCUT2D eigenvalue weighted by Gasteiger charge is 2.22. The van der Waals surface area contributed by atoms with E-state index in [0.717, 1.165) is 60.9 Å². The summed E-state index contributed by atoms with van der Waals surface area (Å²) in [5.74, 6) is 0. The molecule has 1 aromatic heterocycles. The molecule has 11 rings (SSSR count). The van der Waals surface area contributed by atoms with Gasteiger partial charge in [0.05, 0.1) is 5.69 Å². The Labute approximate surface area is 337 Å². The Kier molecular flexibility index (Phi) is 8.19. The Morgan fingerprint density at radius 2 is 0.845 bits per heavy atom. The van der Waals surface area contributed by atoms with Crippen LogP contribution in [0, 0.1) is 0 Å².